The Kier molecular flexibility index (Phi) is 8.02. The number of β-amino-alcohol motifs (C(OH)–C–C–N with tert-alkyl or cyclic N) is 1. The SMILES string of the molecule is CC[C@H](C)[C@@H](O)C(=O)N1NC[C@H](Cl)C[C@@H]1C(=O)N1NC[C@H](O)C[C@H]1C(=O)OC. The van der Waals surface area contributed by atoms with E-state index in [9.17, 15) is 24.6 Å². The smallest absolute Gasteiger partial charge is 0.330 e. The van der Waals surface area contributed by atoms with E-state index in [-0.39, 0.29) is 31.8 Å². The molecule has 28 heavy (non-hydrogen) atoms. The van der Waals surface area contributed by atoms with Crippen molar-refractivity contribution in [2.45, 2.75) is 62.8 Å². The van der Waals surface area contributed by atoms with Crippen LogP contribution in [0.2, 0.25) is 0 Å². The Balaban J connectivity index is 2.25. The third kappa shape index (κ3) is 4.93. The quantitative estimate of drug-likeness (QED) is 0.320. The van der Waals surface area contributed by atoms with Crippen molar-refractivity contribution in [3.63, 3.8) is 0 Å². The molecule has 0 saturated carbocycles. The maximum absolute atomic E-state index is 13.2. The molecule has 2 heterocycles. The lowest BCUT2D eigenvalue weighted by molar-refractivity contribution is -0.169. The van der Waals surface area contributed by atoms with Crippen molar-refractivity contribution in [2.75, 3.05) is 20.2 Å². The van der Waals surface area contributed by atoms with Gasteiger partial charge in [0.2, 0.25) is 0 Å². The first-order chi connectivity index (χ1) is 13.2. The Bertz CT molecular complexity index is 594. The molecule has 6 atom stereocenters. The third-order valence-electron chi connectivity index (χ3n) is 5.25. The van der Waals surface area contributed by atoms with Crippen LogP contribution in [0.25, 0.3) is 0 Å². The lowest BCUT2D eigenvalue weighted by atomic mass is 9.98. The molecule has 0 radical (unpaired) electrons. The molecule has 2 aliphatic rings. The van der Waals surface area contributed by atoms with Gasteiger partial charge in [-0.25, -0.2) is 15.6 Å². The van der Waals surface area contributed by atoms with Crippen LogP contribution in [0.1, 0.15) is 33.1 Å². The van der Waals surface area contributed by atoms with E-state index in [1.807, 2.05) is 6.92 Å². The second kappa shape index (κ2) is 9.84. The molecule has 2 saturated heterocycles. The number of carbonyl (C=O) groups excluding carboxylic acids is 3. The minimum atomic E-state index is -1.27. The molecule has 2 fully saturated rings. The first-order valence-corrected chi connectivity index (χ1v) is 9.86. The van der Waals surface area contributed by atoms with E-state index in [0.29, 0.717) is 6.42 Å². The molecule has 2 aliphatic heterocycles. The summed E-state index contributed by atoms with van der Waals surface area (Å²) >= 11 is 6.20. The van der Waals surface area contributed by atoms with Crippen LogP contribution >= 0.6 is 11.6 Å². The van der Waals surface area contributed by atoms with Gasteiger partial charge in [-0.3, -0.25) is 19.6 Å². The zero-order valence-electron chi connectivity index (χ0n) is 16.3. The van der Waals surface area contributed by atoms with E-state index >= 15 is 0 Å². The van der Waals surface area contributed by atoms with Crippen molar-refractivity contribution >= 4 is 29.4 Å². The van der Waals surface area contributed by atoms with Gasteiger partial charge in [0.05, 0.1) is 18.6 Å². The zero-order valence-corrected chi connectivity index (χ0v) is 17.1. The third-order valence-corrected chi connectivity index (χ3v) is 5.58. The molecule has 0 aromatic rings. The Morgan fingerprint density at radius 1 is 1.18 bits per heavy atom. The fraction of sp³-hybridized carbons (Fsp3) is 0.824. The number of halogens is 1. The van der Waals surface area contributed by atoms with Crippen LogP contribution < -0.4 is 10.9 Å². The summed E-state index contributed by atoms with van der Waals surface area (Å²) < 4.78 is 4.74. The predicted molar refractivity (Wildman–Crippen MR) is 99.6 cm³/mol. The Hall–Kier alpha value is -1.46. The van der Waals surface area contributed by atoms with Gasteiger partial charge in [-0.05, 0) is 12.3 Å². The highest BCUT2D eigenvalue weighted by atomic mass is 35.5. The number of aliphatic hydroxyl groups is 2. The normalized spacial score (nSPS) is 30.5. The van der Waals surface area contributed by atoms with Crippen molar-refractivity contribution in [3.8, 4) is 0 Å². The summed E-state index contributed by atoms with van der Waals surface area (Å²) in [5, 5.41) is 21.9. The molecular formula is C17H29ClN4O6. The van der Waals surface area contributed by atoms with Crippen molar-refractivity contribution in [1.82, 2.24) is 20.9 Å². The van der Waals surface area contributed by atoms with E-state index in [2.05, 4.69) is 10.9 Å². The molecule has 0 aromatic carbocycles. The largest absolute Gasteiger partial charge is 0.467 e. The average molecular weight is 421 g/mol. The van der Waals surface area contributed by atoms with E-state index < -0.39 is 47.5 Å². The summed E-state index contributed by atoms with van der Waals surface area (Å²) in [7, 11) is 1.20. The van der Waals surface area contributed by atoms with Gasteiger partial charge in [0.25, 0.3) is 11.8 Å². The lowest BCUT2D eigenvalue weighted by Gasteiger charge is -2.43. The standard InChI is InChI=1S/C17H29ClN4O6/c1-4-9(2)14(24)16(26)21-12(5-10(18)7-19-21)15(25)22-13(17(27)28-3)6-11(23)8-20-22/h9-14,19-20,23-24H,4-8H2,1-3H3/t9-,10+,11+,12+,13-,14+/m0/s1. The number of hydrazine groups is 2. The summed E-state index contributed by atoms with van der Waals surface area (Å²) in [6, 6.07) is -2.05. The molecule has 0 spiro atoms. The number of rotatable bonds is 5. The van der Waals surface area contributed by atoms with Crippen molar-refractivity contribution in [2.24, 2.45) is 5.92 Å². The van der Waals surface area contributed by atoms with Crippen LogP contribution in [-0.4, -0.2) is 87.9 Å². The van der Waals surface area contributed by atoms with Crippen LogP contribution in [0, 0.1) is 5.92 Å². The highest BCUT2D eigenvalue weighted by molar-refractivity contribution is 6.21. The zero-order chi connectivity index (χ0) is 21.0. The summed E-state index contributed by atoms with van der Waals surface area (Å²) in [6.07, 6.45) is -1.33. The minimum absolute atomic E-state index is 0.0132. The predicted octanol–water partition coefficient (Wildman–Crippen LogP) is -1.25. The average Bonchev–Trinajstić information content (AvgIpc) is 2.70. The van der Waals surface area contributed by atoms with Gasteiger partial charge in [-0.1, -0.05) is 20.3 Å². The number of methoxy groups -OCH3 is 1. The van der Waals surface area contributed by atoms with E-state index in [0.717, 1.165) is 10.0 Å². The number of nitrogens with zero attached hydrogens (tertiary/aromatic N) is 2. The number of amides is 2. The van der Waals surface area contributed by atoms with E-state index in [1.165, 1.54) is 7.11 Å². The van der Waals surface area contributed by atoms with Gasteiger partial charge in [-0.15, -0.1) is 11.6 Å². The fourth-order valence-electron chi connectivity index (χ4n) is 3.28. The van der Waals surface area contributed by atoms with Crippen LogP contribution in [0.4, 0.5) is 0 Å². The van der Waals surface area contributed by atoms with Crippen LogP contribution in [0.15, 0.2) is 0 Å². The second-order valence-corrected chi connectivity index (χ2v) is 7.87. The number of aliphatic hydroxyl groups excluding tert-OH is 2. The Labute approximate surface area is 169 Å². The Morgan fingerprint density at radius 3 is 2.43 bits per heavy atom. The molecule has 0 aliphatic carbocycles. The number of nitrogens with one attached hydrogen (secondary N) is 2. The second-order valence-electron chi connectivity index (χ2n) is 7.25. The highest BCUT2D eigenvalue weighted by Crippen LogP contribution is 2.23. The topological polar surface area (TPSA) is 131 Å². The first-order valence-electron chi connectivity index (χ1n) is 9.42. The van der Waals surface area contributed by atoms with Crippen molar-refractivity contribution in [3.05, 3.63) is 0 Å². The maximum Gasteiger partial charge on any atom is 0.330 e. The highest BCUT2D eigenvalue weighted by Gasteiger charge is 2.45. The van der Waals surface area contributed by atoms with Crippen LogP contribution in [0.3, 0.4) is 0 Å². The maximum atomic E-state index is 13.2. The molecule has 2 rings (SSSR count). The summed E-state index contributed by atoms with van der Waals surface area (Å²) in [6.45, 7) is 3.94. The van der Waals surface area contributed by atoms with Gasteiger partial charge in [0.1, 0.15) is 18.2 Å². The van der Waals surface area contributed by atoms with E-state index in [1.54, 1.807) is 6.92 Å². The lowest BCUT2D eigenvalue weighted by Crippen LogP contribution is -2.68. The number of hydrogen-bond acceptors (Lipinski definition) is 8. The Morgan fingerprint density at radius 2 is 1.82 bits per heavy atom. The number of carbonyl (C=O) groups is 3. The number of esters is 1. The van der Waals surface area contributed by atoms with Crippen LogP contribution in [0.5, 0.6) is 0 Å². The van der Waals surface area contributed by atoms with Crippen molar-refractivity contribution in [1.29, 1.82) is 0 Å². The minimum Gasteiger partial charge on any atom is -0.467 e. The van der Waals surface area contributed by atoms with Gasteiger partial charge < -0.3 is 14.9 Å². The van der Waals surface area contributed by atoms with Gasteiger partial charge in [-0.2, -0.15) is 0 Å². The summed E-state index contributed by atoms with van der Waals surface area (Å²) in [5.74, 6) is -2.15. The molecule has 2 amide bonds. The van der Waals surface area contributed by atoms with E-state index in [4.69, 9.17) is 16.3 Å². The molecule has 0 bridgehead atoms. The number of alkyl halides is 1. The number of hydrogen-bond donors (Lipinski definition) is 4. The van der Waals surface area contributed by atoms with Gasteiger partial charge in [0, 0.05) is 19.5 Å². The molecule has 10 nitrogen and oxygen atoms in total. The summed E-state index contributed by atoms with van der Waals surface area (Å²) in [5.41, 5.74) is 5.55. The summed E-state index contributed by atoms with van der Waals surface area (Å²) in [4.78, 5) is 38.1. The molecule has 11 heteroatoms. The monoisotopic (exact) mass is 420 g/mol. The molecule has 4 N–H and O–H groups in total. The molecular weight excluding hydrogens is 392 g/mol. The number of ether oxygens (including phenoxy) is 1. The van der Waals surface area contributed by atoms with Crippen LogP contribution in [-0.2, 0) is 19.1 Å². The fourth-order valence-corrected chi connectivity index (χ4v) is 3.52. The van der Waals surface area contributed by atoms with Gasteiger partial charge in [0.15, 0.2) is 0 Å². The van der Waals surface area contributed by atoms with Crippen molar-refractivity contribution < 1.29 is 29.3 Å². The van der Waals surface area contributed by atoms with Gasteiger partial charge >= 0.3 is 5.97 Å². The molecule has 0 unspecified atom stereocenters. The first kappa shape index (κ1) is 22.8. The molecule has 160 valence electrons. The molecule has 0 aromatic heterocycles.